The fraction of sp³-hybridized carbons (Fsp3) is 0.538. The lowest BCUT2D eigenvalue weighted by Crippen LogP contribution is -2.25. The number of non-ortho nitro benzene ring substituents is 1. The minimum absolute atomic E-state index is 0.178. The van der Waals surface area contributed by atoms with Gasteiger partial charge in [-0.3, -0.25) is 10.1 Å². The average molecular weight is 247 g/mol. The molecule has 0 bridgehead atoms. The third-order valence-corrected chi connectivity index (χ3v) is 4.12. The number of rotatable bonds is 2. The molecule has 5 nitrogen and oxygen atoms in total. The van der Waals surface area contributed by atoms with Crippen LogP contribution >= 0.6 is 0 Å². The molecule has 2 atom stereocenters. The van der Waals surface area contributed by atoms with Gasteiger partial charge in [0.1, 0.15) is 0 Å². The van der Waals surface area contributed by atoms with Crippen molar-refractivity contribution in [2.45, 2.75) is 6.92 Å². The maximum Gasteiger partial charge on any atom is 0.269 e. The quantitative estimate of drug-likeness (QED) is 0.636. The van der Waals surface area contributed by atoms with E-state index in [1.165, 1.54) is 0 Å². The van der Waals surface area contributed by atoms with Crippen molar-refractivity contribution in [2.24, 2.45) is 11.8 Å². The molecule has 2 fully saturated rings. The molecule has 18 heavy (non-hydrogen) atoms. The Kier molecular flexibility index (Phi) is 2.70. The van der Waals surface area contributed by atoms with E-state index in [9.17, 15) is 10.1 Å². The van der Waals surface area contributed by atoms with E-state index >= 15 is 0 Å². The lowest BCUT2D eigenvalue weighted by atomic mass is 10.0. The first-order chi connectivity index (χ1) is 8.65. The minimum Gasteiger partial charge on any atom is -0.371 e. The summed E-state index contributed by atoms with van der Waals surface area (Å²) in [5, 5.41) is 14.1. The van der Waals surface area contributed by atoms with Gasteiger partial charge in [-0.25, -0.2) is 0 Å². The van der Waals surface area contributed by atoms with Gasteiger partial charge in [0.25, 0.3) is 5.69 Å². The van der Waals surface area contributed by atoms with Crippen molar-refractivity contribution in [1.29, 1.82) is 0 Å². The van der Waals surface area contributed by atoms with Crippen LogP contribution in [0.1, 0.15) is 5.56 Å². The molecule has 0 amide bonds. The standard InChI is InChI=1S/C13H17N3O2/c1-9-4-12(16(17)18)2-3-13(9)15-7-10-5-14-6-11(10)8-15/h2-4,10-11,14H,5-8H2,1H3/t10-,11+. The molecule has 2 aliphatic heterocycles. The molecular formula is C13H17N3O2. The van der Waals surface area contributed by atoms with Crippen LogP contribution in [-0.4, -0.2) is 31.1 Å². The summed E-state index contributed by atoms with van der Waals surface area (Å²) >= 11 is 0. The van der Waals surface area contributed by atoms with Crippen molar-refractivity contribution in [3.05, 3.63) is 33.9 Å². The first kappa shape index (κ1) is 11.5. The molecule has 0 aliphatic carbocycles. The predicted octanol–water partition coefficient (Wildman–Crippen LogP) is 1.56. The van der Waals surface area contributed by atoms with E-state index in [0.29, 0.717) is 0 Å². The van der Waals surface area contributed by atoms with E-state index in [-0.39, 0.29) is 10.6 Å². The topological polar surface area (TPSA) is 58.4 Å². The molecule has 96 valence electrons. The number of benzene rings is 1. The highest BCUT2D eigenvalue weighted by molar-refractivity contribution is 5.58. The Morgan fingerprint density at radius 1 is 1.33 bits per heavy atom. The Labute approximate surface area is 106 Å². The normalized spacial score (nSPS) is 26.4. The lowest BCUT2D eigenvalue weighted by molar-refractivity contribution is -0.384. The second-order valence-electron chi connectivity index (χ2n) is 5.31. The third kappa shape index (κ3) is 1.84. The number of hydrogen-bond acceptors (Lipinski definition) is 4. The number of nitrogens with one attached hydrogen (secondary N) is 1. The van der Waals surface area contributed by atoms with Crippen LogP contribution in [0.15, 0.2) is 18.2 Å². The highest BCUT2D eigenvalue weighted by Crippen LogP contribution is 2.33. The SMILES string of the molecule is Cc1cc([N+](=O)[O-])ccc1N1C[C@H]2CNC[C@H]2C1. The van der Waals surface area contributed by atoms with Crippen LogP contribution in [0.3, 0.4) is 0 Å². The van der Waals surface area contributed by atoms with Crippen molar-refractivity contribution in [2.75, 3.05) is 31.1 Å². The molecule has 3 rings (SSSR count). The van der Waals surface area contributed by atoms with Gasteiger partial charge in [0.2, 0.25) is 0 Å². The maximum atomic E-state index is 10.7. The maximum absolute atomic E-state index is 10.7. The monoisotopic (exact) mass is 247 g/mol. The van der Waals surface area contributed by atoms with Crippen LogP contribution in [0.4, 0.5) is 11.4 Å². The zero-order valence-corrected chi connectivity index (χ0v) is 10.4. The zero-order valence-electron chi connectivity index (χ0n) is 10.4. The fourth-order valence-corrected chi connectivity index (χ4v) is 3.16. The van der Waals surface area contributed by atoms with Crippen molar-refractivity contribution in [3.63, 3.8) is 0 Å². The van der Waals surface area contributed by atoms with Crippen molar-refractivity contribution >= 4 is 11.4 Å². The second kappa shape index (κ2) is 4.24. The first-order valence-corrected chi connectivity index (χ1v) is 6.36. The Morgan fingerprint density at radius 2 is 2.00 bits per heavy atom. The number of hydrogen-bond donors (Lipinski definition) is 1. The summed E-state index contributed by atoms with van der Waals surface area (Å²) < 4.78 is 0. The molecule has 0 saturated carbocycles. The number of fused-ring (bicyclic) bond motifs is 1. The Balaban J connectivity index is 1.83. The van der Waals surface area contributed by atoms with Gasteiger partial charge in [0.05, 0.1) is 4.92 Å². The van der Waals surface area contributed by atoms with Gasteiger partial charge in [0.15, 0.2) is 0 Å². The predicted molar refractivity (Wildman–Crippen MR) is 69.9 cm³/mol. The number of nitrogens with zero attached hydrogens (tertiary/aromatic N) is 2. The highest BCUT2D eigenvalue weighted by atomic mass is 16.6. The van der Waals surface area contributed by atoms with Gasteiger partial charge in [-0.15, -0.1) is 0 Å². The molecule has 0 unspecified atom stereocenters. The minimum atomic E-state index is -0.334. The van der Waals surface area contributed by atoms with E-state index in [4.69, 9.17) is 0 Å². The molecule has 5 heteroatoms. The lowest BCUT2D eigenvalue weighted by Gasteiger charge is -2.21. The second-order valence-corrected chi connectivity index (χ2v) is 5.31. The molecule has 2 saturated heterocycles. The van der Waals surface area contributed by atoms with Gasteiger partial charge in [-0.2, -0.15) is 0 Å². The third-order valence-electron chi connectivity index (χ3n) is 4.12. The highest BCUT2D eigenvalue weighted by Gasteiger charge is 2.36. The van der Waals surface area contributed by atoms with E-state index in [0.717, 1.165) is 49.3 Å². The van der Waals surface area contributed by atoms with Crippen LogP contribution in [0.25, 0.3) is 0 Å². The molecular weight excluding hydrogens is 230 g/mol. The summed E-state index contributed by atoms with van der Waals surface area (Å²) in [6.07, 6.45) is 0. The van der Waals surface area contributed by atoms with Gasteiger partial charge in [-0.1, -0.05) is 0 Å². The van der Waals surface area contributed by atoms with Gasteiger partial charge < -0.3 is 10.2 Å². The van der Waals surface area contributed by atoms with Crippen LogP contribution in [0.2, 0.25) is 0 Å². The Hall–Kier alpha value is -1.62. The molecule has 0 aromatic heterocycles. The number of nitro benzene ring substituents is 1. The van der Waals surface area contributed by atoms with Crippen LogP contribution < -0.4 is 10.2 Å². The van der Waals surface area contributed by atoms with Crippen molar-refractivity contribution < 1.29 is 4.92 Å². The van der Waals surface area contributed by atoms with Crippen molar-refractivity contribution in [3.8, 4) is 0 Å². The molecule has 0 spiro atoms. The summed E-state index contributed by atoms with van der Waals surface area (Å²) in [4.78, 5) is 12.8. The molecule has 2 heterocycles. The van der Waals surface area contributed by atoms with Gasteiger partial charge in [-0.05, 0) is 30.4 Å². The summed E-state index contributed by atoms with van der Waals surface area (Å²) in [5.41, 5.74) is 2.32. The number of anilines is 1. The molecule has 0 radical (unpaired) electrons. The van der Waals surface area contributed by atoms with E-state index in [1.54, 1.807) is 12.1 Å². The summed E-state index contributed by atoms with van der Waals surface area (Å²) in [5.74, 6) is 1.47. The van der Waals surface area contributed by atoms with Crippen LogP contribution in [0.5, 0.6) is 0 Å². The summed E-state index contributed by atoms with van der Waals surface area (Å²) in [6.45, 7) is 6.29. The number of nitro groups is 1. The smallest absolute Gasteiger partial charge is 0.269 e. The van der Waals surface area contributed by atoms with Crippen molar-refractivity contribution in [1.82, 2.24) is 5.32 Å². The van der Waals surface area contributed by atoms with E-state index in [2.05, 4.69) is 10.2 Å². The summed E-state index contributed by atoms with van der Waals surface area (Å²) in [7, 11) is 0. The van der Waals surface area contributed by atoms with Gasteiger partial charge in [0, 0.05) is 44.0 Å². The van der Waals surface area contributed by atoms with Crippen LogP contribution in [0, 0.1) is 28.9 Å². The van der Waals surface area contributed by atoms with Crippen LogP contribution in [-0.2, 0) is 0 Å². The number of aryl methyl sites for hydroxylation is 1. The Morgan fingerprint density at radius 3 is 2.56 bits per heavy atom. The van der Waals surface area contributed by atoms with E-state index in [1.807, 2.05) is 13.0 Å². The van der Waals surface area contributed by atoms with Gasteiger partial charge >= 0.3 is 0 Å². The molecule has 1 N–H and O–H groups in total. The molecule has 2 aliphatic rings. The molecule has 1 aromatic rings. The Bertz CT molecular complexity index is 477. The molecule has 1 aromatic carbocycles. The largest absolute Gasteiger partial charge is 0.371 e. The summed E-state index contributed by atoms with van der Waals surface area (Å²) in [6, 6.07) is 5.16. The average Bonchev–Trinajstić information content (AvgIpc) is 2.88. The first-order valence-electron chi connectivity index (χ1n) is 6.36. The fourth-order valence-electron chi connectivity index (χ4n) is 3.16. The zero-order chi connectivity index (χ0) is 12.7. The van der Waals surface area contributed by atoms with E-state index < -0.39 is 0 Å².